The molecule has 6 heteroatoms. The van der Waals surface area contributed by atoms with Gasteiger partial charge in [0.25, 0.3) is 0 Å². The Morgan fingerprint density at radius 2 is 2.05 bits per heavy atom. The minimum Gasteiger partial charge on any atom is -0.474 e. The Morgan fingerprint density at radius 3 is 2.85 bits per heavy atom. The van der Waals surface area contributed by atoms with Gasteiger partial charge in [-0.1, -0.05) is 0 Å². The van der Waals surface area contributed by atoms with E-state index in [1.54, 1.807) is 23.3 Å². The minimum atomic E-state index is 0.0459. The molecule has 0 aliphatic heterocycles. The zero-order valence-electron chi connectivity index (χ0n) is 11.3. The van der Waals surface area contributed by atoms with Gasteiger partial charge in [0.1, 0.15) is 0 Å². The Bertz CT molecular complexity index is 750. The molecule has 2 heterocycles. The van der Waals surface area contributed by atoms with Gasteiger partial charge in [0.05, 0.1) is 30.2 Å². The molecule has 0 atom stereocenters. The van der Waals surface area contributed by atoms with Gasteiger partial charge in [-0.25, -0.2) is 4.68 Å². The molecule has 6 nitrogen and oxygen atoms in total. The van der Waals surface area contributed by atoms with Gasteiger partial charge in [-0.05, 0) is 32.0 Å². The van der Waals surface area contributed by atoms with E-state index in [-0.39, 0.29) is 6.10 Å². The van der Waals surface area contributed by atoms with Crippen LogP contribution in [0.2, 0.25) is 0 Å². The number of aromatic nitrogens is 4. The van der Waals surface area contributed by atoms with Crippen molar-refractivity contribution in [1.29, 1.82) is 0 Å². The number of benzene rings is 1. The highest BCUT2D eigenvalue weighted by Crippen LogP contribution is 2.20. The normalized spacial score (nSPS) is 11.2. The fraction of sp³-hybridized carbons (Fsp3) is 0.214. The zero-order valence-corrected chi connectivity index (χ0v) is 11.3. The fourth-order valence-electron chi connectivity index (χ4n) is 1.96. The van der Waals surface area contributed by atoms with E-state index < -0.39 is 0 Å². The van der Waals surface area contributed by atoms with Crippen LogP contribution in [-0.4, -0.2) is 25.9 Å². The molecular weight excluding hydrogens is 254 g/mol. The van der Waals surface area contributed by atoms with Crippen molar-refractivity contribution >= 4 is 16.6 Å². The molecule has 0 saturated heterocycles. The molecule has 0 fully saturated rings. The van der Waals surface area contributed by atoms with Gasteiger partial charge in [-0.15, -0.1) is 0 Å². The fourth-order valence-corrected chi connectivity index (χ4v) is 1.96. The van der Waals surface area contributed by atoms with Crippen molar-refractivity contribution in [2.24, 2.45) is 0 Å². The van der Waals surface area contributed by atoms with E-state index in [4.69, 9.17) is 10.5 Å². The topological polar surface area (TPSA) is 78.8 Å². The Balaban J connectivity index is 2.08. The molecule has 3 aromatic rings. The van der Waals surface area contributed by atoms with Crippen molar-refractivity contribution in [1.82, 2.24) is 19.7 Å². The predicted molar refractivity (Wildman–Crippen MR) is 76.8 cm³/mol. The number of rotatable bonds is 3. The number of fused-ring (bicyclic) bond motifs is 1. The molecule has 2 aromatic heterocycles. The Labute approximate surface area is 116 Å². The summed E-state index contributed by atoms with van der Waals surface area (Å²) in [6.07, 6.45) is 5.04. The number of anilines is 1. The number of nitrogens with two attached hydrogens (primary N) is 1. The van der Waals surface area contributed by atoms with Crippen LogP contribution in [0.4, 0.5) is 5.69 Å². The number of hydrogen-bond donors (Lipinski definition) is 1. The van der Waals surface area contributed by atoms with Crippen molar-refractivity contribution in [3.05, 3.63) is 36.8 Å². The lowest BCUT2D eigenvalue weighted by atomic mass is 10.2. The Morgan fingerprint density at radius 1 is 1.20 bits per heavy atom. The summed E-state index contributed by atoms with van der Waals surface area (Å²) in [4.78, 5) is 8.55. The summed E-state index contributed by atoms with van der Waals surface area (Å²) >= 11 is 0. The number of nitrogens with zero attached hydrogens (tertiary/aromatic N) is 4. The van der Waals surface area contributed by atoms with Crippen molar-refractivity contribution in [2.75, 3.05) is 5.73 Å². The third-order valence-electron chi connectivity index (χ3n) is 2.77. The van der Waals surface area contributed by atoms with Gasteiger partial charge in [0.15, 0.2) is 5.82 Å². The first kappa shape index (κ1) is 12.4. The van der Waals surface area contributed by atoms with Crippen LogP contribution in [0.3, 0.4) is 0 Å². The summed E-state index contributed by atoms with van der Waals surface area (Å²) in [5.74, 6) is 1.08. The lowest BCUT2D eigenvalue weighted by Gasteiger charge is -2.09. The van der Waals surface area contributed by atoms with Crippen LogP contribution in [-0.2, 0) is 0 Å². The lowest BCUT2D eigenvalue weighted by molar-refractivity contribution is 0.231. The molecule has 0 aliphatic carbocycles. The van der Waals surface area contributed by atoms with Crippen LogP contribution >= 0.6 is 0 Å². The van der Waals surface area contributed by atoms with E-state index in [1.165, 1.54) is 0 Å². The van der Waals surface area contributed by atoms with Gasteiger partial charge in [0, 0.05) is 11.1 Å². The van der Waals surface area contributed by atoms with Crippen molar-refractivity contribution in [2.45, 2.75) is 20.0 Å². The number of hydrogen-bond acceptors (Lipinski definition) is 5. The maximum absolute atomic E-state index is 5.82. The SMILES string of the molecule is CC(C)Oc1cncc(-n2ncc3ccc(N)cc32)n1. The molecule has 0 radical (unpaired) electrons. The highest BCUT2D eigenvalue weighted by Gasteiger charge is 2.08. The smallest absolute Gasteiger partial charge is 0.234 e. The van der Waals surface area contributed by atoms with E-state index in [0.717, 1.165) is 10.9 Å². The maximum Gasteiger partial charge on any atom is 0.234 e. The third-order valence-corrected chi connectivity index (χ3v) is 2.77. The monoisotopic (exact) mass is 269 g/mol. The second kappa shape index (κ2) is 4.80. The summed E-state index contributed by atoms with van der Waals surface area (Å²) in [6, 6.07) is 5.63. The van der Waals surface area contributed by atoms with Crippen LogP contribution in [0.1, 0.15) is 13.8 Å². The van der Waals surface area contributed by atoms with Gasteiger partial charge in [-0.2, -0.15) is 10.1 Å². The van der Waals surface area contributed by atoms with Gasteiger partial charge < -0.3 is 10.5 Å². The van der Waals surface area contributed by atoms with Crippen molar-refractivity contribution in [3.8, 4) is 11.7 Å². The number of ether oxygens (including phenoxy) is 1. The van der Waals surface area contributed by atoms with E-state index in [9.17, 15) is 0 Å². The molecule has 0 saturated carbocycles. The second-order valence-corrected chi connectivity index (χ2v) is 4.76. The number of nitrogen functional groups attached to an aromatic ring is 1. The third kappa shape index (κ3) is 2.27. The lowest BCUT2D eigenvalue weighted by Crippen LogP contribution is -2.09. The molecule has 0 spiro atoms. The minimum absolute atomic E-state index is 0.0459. The average molecular weight is 269 g/mol. The molecule has 102 valence electrons. The summed E-state index contributed by atoms with van der Waals surface area (Å²) in [5, 5.41) is 5.33. The highest BCUT2D eigenvalue weighted by atomic mass is 16.5. The highest BCUT2D eigenvalue weighted by molar-refractivity contribution is 5.83. The van der Waals surface area contributed by atoms with Gasteiger partial charge in [-0.3, -0.25) is 4.98 Å². The van der Waals surface area contributed by atoms with E-state index in [2.05, 4.69) is 15.1 Å². The Kier molecular flexibility index (Phi) is 2.98. The zero-order chi connectivity index (χ0) is 14.1. The van der Waals surface area contributed by atoms with Gasteiger partial charge in [0.2, 0.25) is 5.88 Å². The molecule has 2 N–H and O–H groups in total. The van der Waals surface area contributed by atoms with Crippen LogP contribution in [0, 0.1) is 0 Å². The standard InChI is InChI=1S/C14H15N5O/c1-9(2)20-14-8-16-7-13(18-14)19-12-5-11(15)4-3-10(12)6-17-19/h3-9H,15H2,1-2H3. The van der Waals surface area contributed by atoms with E-state index in [0.29, 0.717) is 17.4 Å². The largest absolute Gasteiger partial charge is 0.474 e. The summed E-state index contributed by atoms with van der Waals surface area (Å²) < 4.78 is 7.25. The molecule has 0 bridgehead atoms. The van der Waals surface area contributed by atoms with Crippen LogP contribution in [0.15, 0.2) is 36.8 Å². The van der Waals surface area contributed by atoms with Crippen LogP contribution in [0.25, 0.3) is 16.7 Å². The second-order valence-electron chi connectivity index (χ2n) is 4.76. The first-order valence-electron chi connectivity index (χ1n) is 6.36. The Hall–Kier alpha value is -2.63. The van der Waals surface area contributed by atoms with Crippen LogP contribution in [0.5, 0.6) is 5.88 Å². The molecule has 1 aromatic carbocycles. The molecule has 0 amide bonds. The van der Waals surface area contributed by atoms with E-state index in [1.807, 2.05) is 32.0 Å². The summed E-state index contributed by atoms with van der Waals surface area (Å²) in [7, 11) is 0. The molecular formula is C14H15N5O. The molecule has 20 heavy (non-hydrogen) atoms. The van der Waals surface area contributed by atoms with Crippen molar-refractivity contribution in [3.63, 3.8) is 0 Å². The quantitative estimate of drug-likeness (QED) is 0.737. The van der Waals surface area contributed by atoms with Gasteiger partial charge >= 0.3 is 0 Å². The first-order valence-corrected chi connectivity index (χ1v) is 6.36. The maximum atomic E-state index is 5.82. The molecule has 0 unspecified atom stereocenters. The average Bonchev–Trinajstić information content (AvgIpc) is 2.81. The van der Waals surface area contributed by atoms with Crippen LogP contribution < -0.4 is 10.5 Å². The molecule has 0 aliphatic rings. The van der Waals surface area contributed by atoms with E-state index >= 15 is 0 Å². The van der Waals surface area contributed by atoms with Crippen molar-refractivity contribution < 1.29 is 4.74 Å². The summed E-state index contributed by atoms with van der Waals surface area (Å²) in [6.45, 7) is 3.89. The predicted octanol–water partition coefficient (Wildman–Crippen LogP) is 2.18. The first-order chi connectivity index (χ1) is 9.63. The summed E-state index contributed by atoms with van der Waals surface area (Å²) in [5.41, 5.74) is 7.40. The molecule has 3 rings (SSSR count).